The molecule has 21 heavy (non-hydrogen) atoms. The predicted octanol–water partition coefficient (Wildman–Crippen LogP) is 2.13. The molecule has 1 aliphatic heterocycles. The van der Waals surface area contributed by atoms with Gasteiger partial charge in [-0.05, 0) is 43.5 Å². The Balaban J connectivity index is 0.00000161. The molecule has 0 radical (unpaired) electrons. The first kappa shape index (κ1) is 16.0. The van der Waals surface area contributed by atoms with Crippen LogP contribution in [0.4, 0.5) is 13.6 Å². The molecule has 3 rings (SSSR count). The number of hydrogen-bond donors (Lipinski definition) is 3. The molecule has 3 atom stereocenters. The van der Waals surface area contributed by atoms with Crippen molar-refractivity contribution in [2.75, 3.05) is 19.6 Å². The molecular weight excluding hydrogens is 302 g/mol. The fourth-order valence-corrected chi connectivity index (χ4v) is 3.79. The molecule has 2 aliphatic rings. The molecule has 0 unspecified atom stereocenters. The van der Waals surface area contributed by atoms with E-state index in [9.17, 15) is 13.6 Å². The van der Waals surface area contributed by atoms with Crippen LogP contribution in [0.1, 0.15) is 12.0 Å². The number of carbonyl (C=O) groups is 1. The van der Waals surface area contributed by atoms with Gasteiger partial charge in [-0.1, -0.05) is 6.07 Å². The number of nitrogens with one attached hydrogen (secondary N) is 2. The Morgan fingerprint density at radius 2 is 2.05 bits per heavy atom. The molecule has 2 fully saturated rings. The third-order valence-electron chi connectivity index (χ3n) is 4.66. The van der Waals surface area contributed by atoms with Crippen molar-refractivity contribution >= 4 is 18.5 Å². The van der Waals surface area contributed by atoms with Crippen molar-refractivity contribution in [3.63, 3.8) is 0 Å². The van der Waals surface area contributed by atoms with E-state index >= 15 is 0 Å². The van der Waals surface area contributed by atoms with E-state index in [0.717, 1.165) is 13.0 Å². The van der Waals surface area contributed by atoms with E-state index in [4.69, 9.17) is 5.11 Å². The largest absolute Gasteiger partial charge is 0.465 e. The van der Waals surface area contributed by atoms with Crippen LogP contribution in [-0.2, 0) is 5.41 Å². The molecule has 1 aromatic rings. The van der Waals surface area contributed by atoms with Crippen molar-refractivity contribution in [2.24, 2.45) is 11.8 Å². The molecular formula is C14H17ClF2N2O2. The van der Waals surface area contributed by atoms with Gasteiger partial charge >= 0.3 is 6.09 Å². The number of hydrogen-bond acceptors (Lipinski definition) is 2. The first-order valence-electron chi connectivity index (χ1n) is 6.69. The zero-order chi connectivity index (χ0) is 14.3. The number of rotatable bonds is 3. The van der Waals surface area contributed by atoms with E-state index in [-0.39, 0.29) is 36.4 Å². The fourth-order valence-electron chi connectivity index (χ4n) is 3.79. The van der Waals surface area contributed by atoms with Crippen LogP contribution in [0.25, 0.3) is 0 Å². The molecule has 1 aromatic carbocycles. The monoisotopic (exact) mass is 318 g/mol. The molecule has 1 heterocycles. The van der Waals surface area contributed by atoms with Crippen molar-refractivity contribution in [2.45, 2.75) is 11.8 Å². The van der Waals surface area contributed by atoms with Gasteiger partial charge in [-0.25, -0.2) is 13.6 Å². The number of piperidine rings is 1. The van der Waals surface area contributed by atoms with Crippen LogP contribution in [0.5, 0.6) is 0 Å². The summed E-state index contributed by atoms with van der Waals surface area (Å²) in [6, 6.07) is 3.80. The second-order valence-corrected chi connectivity index (χ2v) is 5.50. The lowest BCUT2D eigenvalue weighted by Gasteiger charge is -2.20. The van der Waals surface area contributed by atoms with Gasteiger partial charge in [0.25, 0.3) is 0 Å². The van der Waals surface area contributed by atoms with Gasteiger partial charge in [0.2, 0.25) is 0 Å². The second kappa shape index (κ2) is 5.77. The molecule has 0 bridgehead atoms. The number of halogens is 3. The number of carboxylic acid groups (broad SMARTS) is 1. The zero-order valence-corrected chi connectivity index (χ0v) is 12.1. The Morgan fingerprint density at radius 1 is 1.38 bits per heavy atom. The zero-order valence-electron chi connectivity index (χ0n) is 11.2. The van der Waals surface area contributed by atoms with Gasteiger partial charge in [-0.15, -0.1) is 12.4 Å². The highest BCUT2D eigenvalue weighted by Crippen LogP contribution is 2.62. The van der Waals surface area contributed by atoms with Crippen LogP contribution >= 0.6 is 12.4 Å². The molecule has 0 aromatic heterocycles. The Hall–Kier alpha value is -1.40. The third-order valence-corrected chi connectivity index (χ3v) is 4.66. The Bertz CT molecular complexity index is 524. The Kier molecular flexibility index (Phi) is 4.39. The second-order valence-electron chi connectivity index (χ2n) is 5.50. The summed E-state index contributed by atoms with van der Waals surface area (Å²) in [5.41, 5.74) is -0.718. The summed E-state index contributed by atoms with van der Waals surface area (Å²) in [6.07, 6.45) is -0.363. The van der Waals surface area contributed by atoms with Crippen molar-refractivity contribution in [3.05, 3.63) is 35.4 Å². The predicted molar refractivity (Wildman–Crippen MR) is 75.8 cm³/mol. The summed E-state index contributed by atoms with van der Waals surface area (Å²) in [6.45, 7) is 1.52. The highest BCUT2D eigenvalue weighted by atomic mass is 35.5. The highest BCUT2D eigenvalue weighted by Gasteiger charge is 2.67. The SMILES string of the molecule is Cl.O=C(O)NC[C@]1(c2c(F)cccc2F)[C@@H]2CCNC[C@@H]21. The fraction of sp³-hybridized carbons (Fsp3) is 0.500. The van der Waals surface area contributed by atoms with E-state index in [0.29, 0.717) is 6.54 Å². The van der Waals surface area contributed by atoms with Gasteiger partial charge < -0.3 is 15.7 Å². The van der Waals surface area contributed by atoms with E-state index < -0.39 is 23.1 Å². The molecule has 0 spiro atoms. The van der Waals surface area contributed by atoms with Crippen LogP contribution < -0.4 is 10.6 Å². The highest BCUT2D eigenvalue weighted by molar-refractivity contribution is 5.85. The van der Waals surface area contributed by atoms with Crippen molar-refractivity contribution < 1.29 is 18.7 Å². The van der Waals surface area contributed by atoms with E-state index in [1.807, 2.05) is 0 Å². The summed E-state index contributed by atoms with van der Waals surface area (Å²) < 4.78 is 28.2. The van der Waals surface area contributed by atoms with Crippen LogP contribution in [-0.4, -0.2) is 30.8 Å². The van der Waals surface area contributed by atoms with Gasteiger partial charge in [-0.2, -0.15) is 0 Å². The van der Waals surface area contributed by atoms with Gasteiger partial charge in [0.05, 0.1) is 0 Å². The minimum atomic E-state index is -1.17. The van der Waals surface area contributed by atoms with Crippen LogP contribution in [0.2, 0.25) is 0 Å². The normalized spacial score (nSPS) is 30.0. The minimum absolute atomic E-state index is 0. The van der Waals surface area contributed by atoms with Gasteiger partial charge in [0, 0.05) is 17.5 Å². The lowest BCUT2D eigenvalue weighted by molar-refractivity contribution is 0.192. The maximum Gasteiger partial charge on any atom is 0.404 e. The summed E-state index contributed by atoms with van der Waals surface area (Å²) >= 11 is 0. The summed E-state index contributed by atoms with van der Waals surface area (Å²) in [5, 5.41) is 14.3. The van der Waals surface area contributed by atoms with Crippen molar-refractivity contribution in [3.8, 4) is 0 Å². The standard InChI is InChI=1S/C14H16F2N2O2.ClH/c15-10-2-1-3-11(16)12(10)14(7-18-13(19)20)8-4-5-17-6-9(8)14;/h1-3,8-9,17-18H,4-7H2,(H,19,20);1H/t8-,9+,14+;/m1./s1. The van der Waals surface area contributed by atoms with Crippen LogP contribution in [0.15, 0.2) is 18.2 Å². The number of fused-ring (bicyclic) bond motifs is 1. The van der Waals surface area contributed by atoms with Crippen LogP contribution in [0, 0.1) is 23.5 Å². The van der Waals surface area contributed by atoms with E-state index in [1.165, 1.54) is 18.2 Å². The number of amides is 1. The Morgan fingerprint density at radius 3 is 2.57 bits per heavy atom. The van der Waals surface area contributed by atoms with Crippen LogP contribution in [0.3, 0.4) is 0 Å². The van der Waals surface area contributed by atoms with E-state index in [2.05, 4.69) is 10.6 Å². The maximum absolute atomic E-state index is 14.1. The Labute approximate surface area is 127 Å². The first-order valence-corrected chi connectivity index (χ1v) is 6.69. The topological polar surface area (TPSA) is 61.4 Å². The average molecular weight is 319 g/mol. The first-order chi connectivity index (χ1) is 9.57. The maximum atomic E-state index is 14.1. The molecule has 1 saturated carbocycles. The molecule has 3 N–H and O–H groups in total. The molecule has 7 heteroatoms. The molecule has 4 nitrogen and oxygen atoms in total. The van der Waals surface area contributed by atoms with Gasteiger partial charge in [0.15, 0.2) is 0 Å². The molecule has 1 saturated heterocycles. The smallest absolute Gasteiger partial charge is 0.404 e. The van der Waals surface area contributed by atoms with E-state index in [1.54, 1.807) is 0 Å². The summed E-state index contributed by atoms with van der Waals surface area (Å²) in [4.78, 5) is 10.8. The quantitative estimate of drug-likeness (QED) is 0.800. The molecule has 1 aliphatic carbocycles. The summed E-state index contributed by atoms with van der Waals surface area (Å²) in [7, 11) is 0. The minimum Gasteiger partial charge on any atom is -0.465 e. The summed E-state index contributed by atoms with van der Waals surface area (Å²) in [5.74, 6) is -0.977. The van der Waals surface area contributed by atoms with Crippen molar-refractivity contribution in [1.82, 2.24) is 10.6 Å². The van der Waals surface area contributed by atoms with Gasteiger partial charge in [-0.3, -0.25) is 0 Å². The van der Waals surface area contributed by atoms with Gasteiger partial charge in [0.1, 0.15) is 11.6 Å². The molecule has 1 amide bonds. The number of benzene rings is 1. The van der Waals surface area contributed by atoms with Crippen molar-refractivity contribution in [1.29, 1.82) is 0 Å². The lowest BCUT2D eigenvalue weighted by Crippen LogP contribution is -2.35. The average Bonchev–Trinajstić information content (AvgIpc) is 3.06. The third kappa shape index (κ3) is 2.46. The lowest BCUT2D eigenvalue weighted by atomic mass is 9.90. The molecule has 116 valence electrons.